The smallest absolute Gasteiger partial charge is 0.407 e. The molecule has 0 saturated carbocycles. The summed E-state index contributed by atoms with van der Waals surface area (Å²) < 4.78 is 22.5. The molecule has 0 aromatic carbocycles. The molecule has 40 heavy (non-hydrogen) atoms. The third-order valence-corrected chi connectivity index (χ3v) is 7.20. The monoisotopic (exact) mass is 573 g/mol. The maximum absolute atomic E-state index is 12.0. The number of ether oxygens (including phenoxy) is 4. The quantitative estimate of drug-likeness (QED) is 0.0767. The lowest BCUT2D eigenvalue weighted by Gasteiger charge is -2.18. The van der Waals surface area contributed by atoms with Gasteiger partial charge in [0.2, 0.25) is 0 Å². The normalized spacial score (nSPS) is 12.1. The first kappa shape index (κ1) is 39.1. The van der Waals surface area contributed by atoms with E-state index in [4.69, 9.17) is 24.1 Å². The molecular formula is C33H67NO6. The van der Waals surface area contributed by atoms with Gasteiger partial charge in [-0.05, 0) is 12.8 Å². The molecule has 0 heterocycles. The molecule has 0 fully saturated rings. The second-order valence-corrected chi connectivity index (χ2v) is 11.1. The zero-order valence-electron chi connectivity index (χ0n) is 26.6. The van der Waals surface area contributed by atoms with Crippen LogP contribution in [0.3, 0.4) is 0 Å². The minimum absolute atomic E-state index is 0.0261. The average Bonchev–Trinajstić information content (AvgIpc) is 2.96. The molecule has 1 amide bonds. The van der Waals surface area contributed by atoms with E-state index in [0.29, 0.717) is 26.4 Å². The summed E-state index contributed by atoms with van der Waals surface area (Å²) in [7, 11) is 0. The number of rotatable bonds is 33. The van der Waals surface area contributed by atoms with Crippen molar-refractivity contribution in [3.8, 4) is 0 Å². The molecule has 0 rings (SSSR count). The predicted molar refractivity (Wildman–Crippen MR) is 166 cm³/mol. The van der Waals surface area contributed by atoms with Crippen LogP contribution < -0.4 is 5.32 Å². The summed E-state index contributed by atoms with van der Waals surface area (Å²) in [5.74, 6) is 0. The van der Waals surface area contributed by atoms with Gasteiger partial charge in [-0.1, -0.05) is 136 Å². The number of alkyl carbamates (subject to hydrolysis) is 1. The Bertz CT molecular complexity index is 466. The van der Waals surface area contributed by atoms with Crippen LogP contribution >= 0.6 is 0 Å². The lowest BCUT2D eigenvalue weighted by atomic mass is 10.1. The number of nitrogens with one attached hydrogen (secondary N) is 1. The van der Waals surface area contributed by atoms with Crippen LogP contribution in [0.2, 0.25) is 0 Å². The molecular weight excluding hydrogens is 506 g/mol. The van der Waals surface area contributed by atoms with E-state index in [1.54, 1.807) is 0 Å². The predicted octanol–water partition coefficient (Wildman–Crippen LogP) is 8.36. The first-order valence-corrected chi connectivity index (χ1v) is 17.0. The van der Waals surface area contributed by atoms with Gasteiger partial charge in [0.05, 0.1) is 26.4 Å². The fourth-order valence-electron chi connectivity index (χ4n) is 4.68. The van der Waals surface area contributed by atoms with Crippen molar-refractivity contribution >= 4 is 6.09 Å². The van der Waals surface area contributed by atoms with Crippen molar-refractivity contribution in [2.24, 2.45) is 0 Å². The summed E-state index contributed by atoms with van der Waals surface area (Å²) in [6.45, 7) is 7.48. The van der Waals surface area contributed by atoms with Crippen LogP contribution in [0.5, 0.6) is 0 Å². The number of unbranched alkanes of at least 4 members (excludes halogenated alkanes) is 19. The van der Waals surface area contributed by atoms with Crippen LogP contribution in [0.25, 0.3) is 0 Å². The Morgan fingerprint density at radius 1 is 0.575 bits per heavy atom. The summed E-state index contributed by atoms with van der Waals surface area (Å²) in [6, 6.07) is 0. The van der Waals surface area contributed by atoms with Crippen molar-refractivity contribution in [3.63, 3.8) is 0 Å². The van der Waals surface area contributed by atoms with Crippen molar-refractivity contribution in [3.05, 3.63) is 0 Å². The highest BCUT2D eigenvalue weighted by atomic mass is 16.6. The van der Waals surface area contributed by atoms with Crippen molar-refractivity contribution in [2.45, 2.75) is 155 Å². The van der Waals surface area contributed by atoms with Crippen molar-refractivity contribution in [1.82, 2.24) is 5.32 Å². The van der Waals surface area contributed by atoms with Crippen molar-refractivity contribution < 1.29 is 28.8 Å². The highest BCUT2D eigenvalue weighted by Gasteiger charge is 2.13. The second kappa shape index (κ2) is 34.3. The van der Waals surface area contributed by atoms with Crippen LogP contribution in [0, 0.1) is 0 Å². The third kappa shape index (κ3) is 31.6. The Kier molecular flexibility index (Phi) is 33.5. The molecule has 0 spiro atoms. The molecule has 7 nitrogen and oxygen atoms in total. The number of hydrogen-bond acceptors (Lipinski definition) is 6. The number of aliphatic hydroxyl groups is 1. The van der Waals surface area contributed by atoms with Gasteiger partial charge in [-0.15, -0.1) is 0 Å². The molecule has 0 aromatic heterocycles. The van der Waals surface area contributed by atoms with Gasteiger partial charge < -0.3 is 29.4 Å². The highest BCUT2D eigenvalue weighted by Crippen LogP contribution is 2.12. The van der Waals surface area contributed by atoms with E-state index in [1.165, 1.54) is 122 Å². The summed E-state index contributed by atoms with van der Waals surface area (Å²) in [4.78, 5) is 12.0. The van der Waals surface area contributed by atoms with Crippen LogP contribution in [-0.4, -0.2) is 70.1 Å². The minimum atomic E-state index is -0.481. The third-order valence-electron chi connectivity index (χ3n) is 7.20. The maximum atomic E-state index is 12.0. The summed E-state index contributed by atoms with van der Waals surface area (Å²) in [5, 5.41) is 11.4. The number of amides is 1. The van der Waals surface area contributed by atoms with Gasteiger partial charge >= 0.3 is 6.09 Å². The van der Waals surface area contributed by atoms with Crippen LogP contribution in [0.15, 0.2) is 0 Å². The molecule has 0 saturated heterocycles. The average molecular weight is 574 g/mol. The first-order valence-electron chi connectivity index (χ1n) is 17.0. The summed E-state index contributed by atoms with van der Waals surface area (Å²) >= 11 is 0. The maximum Gasteiger partial charge on any atom is 0.407 e. The molecule has 2 N–H and O–H groups in total. The molecule has 1 unspecified atom stereocenters. The zero-order chi connectivity index (χ0) is 29.2. The minimum Gasteiger partial charge on any atom is -0.447 e. The molecule has 7 heteroatoms. The van der Waals surface area contributed by atoms with Gasteiger partial charge in [-0.25, -0.2) is 4.79 Å². The van der Waals surface area contributed by atoms with E-state index in [2.05, 4.69) is 19.2 Å². The topological polar surface area (TPSA) is 86.3 Å². The molecule has 0 aliphatic heterocycles. The first-order chi connectivity index (χ1) is 19.7. The van der Waals surface area contributed by atoms with E-state index in [0.717, 1.165) is 19.4 Å². The van der Waals surface area contributed by atoms with Gasteiger partial charge in [0.25, 0.3) is 0 Å². The van der Waals surface area contributed by atoms with E-state index < -0.39 is 6.09 Å². The summed E-state index contributed by atoms with van der Waals surface area (Å²) in [5.41, 5.74) is 0. The number of aliphatic hydroxyl groups excluding tert-OH is 1. The molecule has 0 radical (unpaired) electrons. The number of hydrogen-bond donors (Lipinski definition) is 2. The molecule has 0 bridgehead atoms. The van der Waals surface area contributed by atoms with Crippen LogP contribution in [0.4, 0.5) is 4.79 Å². The zero-order valence-corrected chi connectivity index (χ0v) is 26.6. The van der Waals surface area contributed by atoms with Crippen molar-refractivity contribution in [1.29, 1.82) is 0 Å². The lowest BCUT2D eigenvalue weighted by Crippen LogP contribution is -2.33. The molecule has 240 valence electrons. The summed E-state index contributed by atoms with van der Waals surface area (Å²) in [6.07, 6.45) is 26.7. The van der Waals surface area contributed by atoms with Gasteiger partial charge in [-0.3, -0.25) is 0 Å². The van der Waals surface area contributed by atoms with E-state index in [-0.39, 0.29) is 25.9 Å². The lowest BCUT2D eigenvalue weighted by molar-refractivity contribution is -0.0469. The second-order valence-electron chi connectivity index (χ2n) is 11.1. The Hall–Kier alpha value is -0.890. The van der Waals surface area contributed by atoms with Crippen LogP contribution in [0.1, 0.15) is 149 Å². The standard InChI is InChI=1S/C33H67NO6/c1-3-5-7-9-11-13-15-17-19-21-23-27-39-32(31-40-33(36)34-24-28-37-29-25-35)30-38-26-22-20-18-16-14-12-10-8-6-4-2/h32,35H,3-31H2,1-2H3,(H,34,36). The van der Waals surface area contributed by atoms with E-state index >= 15 is 0 Å². The Morgan fingerprint density at radius 3 is 1.55 bits per heavy atom. The Morgan fingerprint density at radius 2 is 1.05 bits per heavy atom. The van der Waals surface area contributed by atoms with E-state index in [1.807, 2.05) is 0 Å². The van der Waals surface area contributed by atoms with Gasteiger partial charge in [-0.2, -0.15) is 0 Å². The fourth-order valence-corrected chi connectivity index (χ4v) is 4.68. The molecule has 0 aliphatic rings. The van der Waals surface area contributed by atoms with Crippen molar-refractivity contribution in [2.75, 3.05) is 52.8 Å². The van der Waals surface area contributed by atoms with Gasteiger partial charge in [0.15, 0.2) is 0 Å². The Balaban J connectivity index is 3.98. The SMILES string of the molecule is CCCCCCCCCCCCCOC(COCCCCCCCCCCCC)COC(=O)NCCOCCO. The fraction of sp³-hybridized carbons (Fsp3) is 0.970. The largest absolute Gasteiger partial charge is 0.447 e. The Labute approximate surface area is 247 Å². The van der Waals surface area contributed by atoms with Crippen LogP contribution in [-0.2, 0) is 18.9 Å². The highest BCUT2D eigenvalue weighted by molar-refractivity contribution is 5.67. The number of carbonyl (C=O) groups excluding carboxylic acids is 1. The molecule has 1 atom stereocenters. The van der Waals surface area contributed by atoms with E-state index in [9.17, 15) is 4.79 Å². The van der Waals surface area contributed by atoms with Gasteiger partial charge in [0, 0.05) is 19.8 Å². The molecule has 0 aromatic rings. The number of carbonyl (C=O) groups is 1. The van der Waals surface area contributed by atoms with Gasteiger partial charge in [0.1, 0.15) is 12.7 Å². The molecule has 0 aliphatic carbocycles.